The highest BCUT2D eigenvalue weighted by Crippen LogP contribution is 2.43. The zero-order chi connectivity index (χ0) is 25.4. The van der Waals surface area contributed by atoms with E-state index >= 15 is 0 Å². The summed E-state index contributed by atoms with van der Waals surface area (Å²) in [6.07, 6.45) is 6.71. The molecule has 0 spiro atoms. The lowest BCUT2D eigenvalue weighted by Gasteiger charge is -2.24. The van der Waals surface area contributed by atoms with Crippen LogP contribution in [0.4, 0.5) is 0 Å². The van der Waals surface area contributed by atoms with Gasteiger partial charge in [-0.3, -0.25) is 4.98 Å². The molecule has 1 aliphatic heterocycles. The number of aryl methyl sites for hydroxylation is 2. The molecule has 2 aromatic heterocycles. The summed E-state index contributed by atoms with van der Waals surface area (Å²) >= 11 is 8.61. The molecule has 3 aromatic carbocycles. The summed E-state index contributed by atoms with van der Waals surface area (Å²) in [5, 5.41) is 8.78. The Labute approximate surface area is 227 Å². The molecule has 188 valence electrons. The van der Waals surface area contributed by atoms with Crippen molar-refractivity contribution >= 4 is 43.9 Å². The summed E-state index contributed by atoms with van der Waals surface area (Å²) in [7, 11) is 0. The molecule has 5 heteroatoms. The lowest BCUT2D eigenvalue weighted by atomic mass is 9.97. The molecule has 1 unspecified atom stereocenters. The minimum atomic E-state index is 0.522. The van der Waals surface area contributed by atoms with Crippen molar-refractivity contribution in [3.63, 3.8) is 0 Å². The van der Waals surface area contributed by atoms with Crippen molar-refractivity contribution in [1.82, 2.24) is 10.3 Å². The summed E-state index contributed by atoms with van der Waals surface area (Å²) < 4.78 is 7.92. The highest BCUT2D eigenvalue weighted by molar-refractivity contribution is 7.17. The maximum atomic E-state index is 6.87. The van der Waals surface area contributed by atoms with Crippen molar-refractivity contribution in [2.75, 3.05) is 13.2 Å². The van der Waals surface area contributed by atoms with E-state index in [-0.39, 0.29) is 0 Å². The second-order valence-corrected chi connectivity index (χ2v) is 11.5. The van der Waals surface area contributed by atoms with Crippen molar-refractivity contribution in [1.29, 1.82) is 0 Å². The average Bonchev–Trinajstić information content (AvgIpc) is 3.32. The predicted molar refractivity (Wildman–Crippen MR) is 158 cm³/mol. The number of aromatic nitrogens is 1. The Bertz CT molecular complexity index is 1570. The zero-order valence-electron chi connectivity index (χ0n) is 21.3. The van der Waals surface area contributed by atoms with Crippen LogP contribution in [-0.2, 0) is 0 Å². The first-order chi connectivity index (χ1) is 18.1. The Kier molecular flexibility index (Phi) is 6.90. The minimum Gasteiger partial charge on any atom is -0.492 e. The number of ether oxygens (including phenoxy) is 1. The Hall–Kier alpha value is -2.92. The first-order valence-electron chi connectivity index (χ1n) is 13.1. The lowest BCUT2D eigenvalue weighted by molar-refractivity contribution is 0.271. The highest BCUT2D eigenvalue weighted by Gasteiger charge is 2.19. The number of thiophene rings is 1. The lowest BCUT2D eigenvalue weighted by Crippen LogP contribution is -2.35. The number of pyridine rings is 1. The van der Waals surface area contributed by atoms with E-state index in [1.807, 2.05) is 12.3 Å². The van der Waals surface area contributed by atoms with Crippen LogP contribution < -0.4 is 10.1 Å². The van der Waals surface area contributed by atoms with Crippen LogP contribution in [0.25, 0.3) is 43.2 Å². The van der Waals surface area contributed by atoms with E-state index in [2.05, 4.69) is 73.1 Å². The quantitative estimate of drug-likeness (QED) is 0.240. The number of fused-ring (bicyclic) bond motifs is 2. The van der Waals surface area contributed by atoms with Crippen LogP contribution in [0.1, 0.15) is 36.8 Å². The van der Waals surface area contributed by atoms with Crippen LogP contribution in [0.5, 0.6) is 5.75 Å². The van der Waals surface area contributed by atoms with E-state index in [0.717, 1.165) is 51.9 Å². The van der Waals surface area contributed by atoms with E-state index in [4.69, 9.17) is 21.3 Å². The largest absolute Gasteiger partial charge is 0.492 e. The minimum absolute atomic E-state index is 0.522. The first-order valence-corrected chi connectivity index (χ1v) is 14.4. The summed E-state index contributed by atoms with van der Waals surface area (Å²) in [4.78, 5) is 4.85. The van der Waals surface area contributed by atoms with E-state index in [9.17, 15) is 0 Å². The number of hydrogen-bond acceptors (Lipinski definition) is 4. The third-order valence-electron chi connectivity index (χ3n) is 7.34. The molecule has 0 radical (unpaired) electrons. The second-order valence-electron chi connectivity index (χ2n) is 10.2. The molecule has 3 heterocycles. The summed E-state index contributed by atoms with van der Waals surface area (Å²) in [6.45, 7) is 6.04. The number of rotatable bonds is 6. The number of nitrogens with one attached hydrogen (secondary N) is 1. The summed E-state index contributed by atoms with van der Waals surface area (Å²) in [5.74, 6) is 0.892. The van der Waals surface area contributed by atoms with Gasteiger partial charge in [-0.25, -0.2) is 0 Å². The SMILES string of the molecule is Cc1cc(C)cc(-c2cnc3cc(Cl)c(-c4csc5ccccc45)cc3c2OCCC2CCCCN2)c1. The zero-order valence-corrected chi connectivity index (χ0v) is 22.9. The maximum absolute atomic E-state index is 6.87. The van der Waals surface area contributed by atoms with Crippen molar-refractivity contribution in [3.05, 3.63) is 82.3 Å². The Morgan fingerprint density at radius 1 is 0.973 bits per heavy atom. The molecule has 0 bridgehead atoms. The number of piperidine rings is 1. The molecular weight excluding hydrogens is 496 g/mol. The fourth-order valence-electron chi connectivity index (χ4n) is 5.55. The van der Waals surface area contributed by atoms with Crippen molar-refractivity contribution in [2.24, 2.45) is 0 Å². The monoisotopic (exact) mass is 526 g/mol. The Morgan fingerprint density at radius 3 is 2.62 bits per heavy atom. The molecule has 0 amide bonds. The van der Waals surface area contributed by atoms with Crippen molar-refractivity contribution in [3.8, 4) is 28.0 Å². The van der Waals surface area contributed by atoms with Crippen LogP contribution in [0.3, 0.4) is 0 Å². The van der Waals surface area contributed by atoms with Crippen molar-refractivity contribution in [2.45, 2.75) is 45.6 Å². The van der Waals surface area contributed by atoms with E-state index in [1.165, 1.54) is 40.5 Å². The highest BCUT2D eigenvalue weighted by atomic mass is 35.5. The molecule has 1 N–H and O–H groups in total. The van der Waals surface area contributed by atoms with Gasteiger partial charge in [-0.05, 0) is 68.8 Å². The maximum Gasteiger partial charge on any atom is 0.138 e. The fraction of sp³-hybridized carbons (Fsp3) is 0.281. The normalized spacial score (nSPS) is 15.9. The van der Waals surface area contributed by atoms with Gasteiger partial charge in [0, 0.05) is 44.4 Å². The Morgan fingerprint density at radius 2 is 1.81 bits per heavy atom. The third kappa shape index (κ3) is 4.98. The van der Waals surface area contributed by atoms with Gasteiger partial charge in [0.2, 0.25) is 0 Å². The molecule has 3 nitrogen and oxygen atoms in total. The van der Waals surface area contributed by atoms with Gasteiger partial charge < -0.3 is 10.1 Å². The fourth-order valence-corrected chi connectivity index (χ4v) is 6.77. The van der Waals surface area contributed by atoms with Crippen LogP contribution in [0, 0.1) is 13.8 Å². The molecule has 5 aromatic rings. The van der Waals surface area contributed by atoms with E-state index in [0.29, 0.717) is 17.7 Å². The van der Waals surface area contributed by atoms with Gasteiger partial charge in [-0.15, -0.1) is 11.3 Å². The topological polar surface area (TPSA) is 34.1 Å². The molecule has 1 atom stereocenters. The number of nitrogens with zero attached hydrogens (tertiary/aromatic N) is 1. The molecule has 1 aliphatic rings. The molecule has 37 heavy (non-hydrogen) atoms. The molecular formula is C32H31ClN2OS. The van der Waals surface area contributed by atoms with Crippen LogP contribution in [-0.4, -0.2) is 24.2 Å². The molecule has 0 aliphatic carbocycles. The molecule has 1 saturated heterocycles. The summed E-state index contributed by atoms with van der Waals surface area (Å²) in [6, 6.07) is 19.8. The number of benzene rings is 3. The smallest absolute Gasteiger partial charge is 0.138 e. The second kappa shape index (κ2) is 10.4. The van der Waals surface area contributed by atoms with Gasteiger partial charge in [-0.1, -0.05) is 65.5 Å². The summed E-state index contributed by atoms with van der Waals surface area (Å²) in [5.41, 5.74) is 7.65. The van der Waals surface area contributed by atoms with E-state index < -0.39 is 0 Å². The van der Waals surface area contributed by atoms with Gasteiger partial charge in [0.25, 0.3) is 0 Å². The predicted octanol–water partition coefficient (Wildman–Crippen LogP) is 8.96. The van der Waals surface area contributed by atoms with Gasteiger partial charge in [-0.2, -0.15) is 0 Å². The van der Waals surface area contributed by atoms with Gasteiger partial charge >= 0.3 is 0 Å². The molecule has 1 fully saturated rings. The number of hydrogen-bond donors (Lipinski definition) is 1. The molecule has 0 saturated carbocycles. The Balaban J connectivity index is 1.48. The van der Waals surface area contributed by atoms with E-state index in [1.54, 1.807) is 11.3 Å². The van der Waals surface area contributed by atoms with Crippen LogP contribution >= 0.6 is 22.9 Å². The van der Waals surface area contributed by atoms with Gasteiger partial charge in [0.1, 0.15) is 5.75 Å². The van der Waals surface area contributed by atoms with Crippen LogP contribution in [0.15, 0.2) is 66.2 Å². The first kappa shape index (κ1) is 24.4. The van der Waals surface area contributed by atoms with Crippen LogP contribution in [0.2, 0.25) is 5.02 Å². The standard InChI is InChI=1S/C32H31ClN2OS/c1-20-13-21(2)15-22(14-20)27-18-35-30-17-29(33)25(28-19-37-31-9-4-3-8-24(28)31)16-26(30)32(27)36-12-10-23-7-5-6-11-34-23/h3-4,8-9,13-19,23,34H,5-7,10-12H2,1-2H3. The molecule has 6 rings (SSSR count). The van der Waals surface area contributed by atoms with Gasteiger partial charge in [0.15, 0.2) is 0 Å². The van der Waals surface area contributed by atoms with Crippen molar-refractivity contribution < 1.29 is 4.74 Å². The van der Waals surface area contributed by atoms with Gasteiger partial charge in [0.05, 0.1) is 17.1 Å². The average molecular weight is 527 g/mol. The number of halogens is 1. The third-order valence-corrected chi connectivity index (χ3v) is 8.61.